The number of aliphatic hydroxyl groups is 1. The van der Waals surface area contributed by atoms with Gasteiger partial charge in [0, 0.05) is 6.61 Å². The summed E-state index contributed by atoms with van der Waals surface area (Å²) < 4.78 is 0. The van der Waals surface area contributed by atoms with Crippen molar-refractivity contribution in [3.8, 4) is 0 Å². The lowest BCUT2D eigenvalue weighted by Gasteiger charge is -1.70. The highest BCUT2D eigenvalue weighted by Gasteiger charge is 1.57. The van der Waals surface area contributed by atoms with Gasteiger partial charge in [0.05, 0.1) is 0 Å². The molecule has 0 atom stereocenters. The van der Waals surface area contributed by atoms with Crippen LogP contribution in [0.1, 0.15) is 26.7 Å². The van der Waals surface area contributed by atoms with Crippen LogP contribution in [0.5, 0.6) is 0 Å². The summed E-state index contributed by atoms with van der Waals surface area (Å²) in [6.45, 7) is 5.12. The Morgan fingerprint density at radius 3 is 1.50 bits per heavy atom. The van der Waals surface area contributed by atoms with Crippen LogP contribution >= 0.6 is 0 Å². The van der Waals surface area contributed by atoms with E-state index < -0.39 is 0 Å². The minimum atomic E-state index is 0.319. The molecule has 2 nitrogen and oxygen atoms in total. The smallest absolute Gasteiger partial charge is 0.0428 e. The largest absolute Gasteiger partial charge is 0.396 e. The van der Waals surface area contributed by atoms with Crippen molar-refractivity contribution in [1.82, 2.24) is 0 Å². The first-order chi connectivity index (χ1) is 3.83. The first-order valence-electron chi connectivity index (χ1n) is 3.14. The van der Waals surface area contributed by atoms with Gasteiger partial charge in [0.25, 0.3) is 0 Å². The molecule has 0 fully saturated rings. The molecule has 0 aliphatic carbocycles. The Balaban J connectivity index is 0. The predicted octanol–water partition coefficient (Wildman–Crippen LogP) is 0.744. The molecule has 0 aliphatic rings. The van der Waals surface area contributed by atoms with Crippen LogP contribution in [0, 0.1) is 0 Å². The Labute approximate surface area is 51.7 Å². The van der Waals surface area contributed by atoms with Gasteiger partial charge in [-0.2, -0.15) is 0 Å². The van der Waals surface area contributed by atoms with Gasteiger partial charge in [-0.15, -0.1) is 0 Å². The average Bonchev–Trinajstić information content (AvgIpc) is 1.88. The zero-order valence-electron chi connectivity index (χ0n) is 5.85. The maximum Gasteiger partial charge on any atom is 0.0428 e. The van der Waals surface area contributed by atoms with E-state index in [9.17, 15) is 0 Å². The second kappa shape index (κ2) is 15.8. The van der Waals surface area contributed by atoms with Crippen molar-refractivity contribution in [2.75, 3.05) is 13.2 Å². The first kappa shape index (κ1) is 10.8. The van der Waals surface area contributed by atoms with Crippen molar-refractivity contribution >= 4 is 0 Å². The highest BCUT2D eigenvalue weighted by Crippen LogP contribution is 1.61. The van der Waals surface area contributed by atoms with Gasteiger partial charge in [0.15, 0.2) is 0 Å². The van der Waals surface area contributed by atoms with Gasteiger partial charge < -0.3 is 10.8 Å². The van der Waals surface area contributed by atoms with Crippen molar-refractivity contribution in [2.24, 2.45) is 5.73 Å². The van der Waals surface area contributed by atoms with Crippen LogP contribution < -0.4 is 5.73 Å². The molecule has 0 spiro atoms. The minimum absolute atomic E-state index is 0.319. The van der Waals surface area contributed by atoms with Gasteiger partial charge in [-0.05, 0) is 19.4 Å². The van der Waals surface area contributed by atoms with Crippen molar-refractivity contribution in [3.63, 3.8) is 0 Å². The normalized spacial score (nSPS) is 7.50. The molecule has 0 aromatic carbocycles. The average molecular weight is 119 g/mol. The summed E-state index contributed by atoms with van der Waals surface area (Å²) in [6.07, 6.45) is 1.97. The van der Waals surface area contributed by atoms with Gasteiger partial charge in [-0.3, -0.25) is 0 Å². The molecule has 8 heavy (non-hydrogen) atoms. The van der Waals surface area contributed by atoms with Gasteiger partial charge in [0.2, 0.25) is 0 Å². The lowest BCUT2D eigenvalue weighted by Crippen LogP contribution is -1.93. The number of nitrogens with two attached hydrogens (primary N) is 1. The summed E-state index contributed by atoms with van der Waals surface area (Å²) in [5.74, 6) is 0. The summed E-state index contributed by atoms with van der Waals surface area (Å²) >= 11 is 0. The van der Waals surface area contributed by atoms with E-state index in [0.29, 0.717) is 6.61 Å². The van der Waals surface area contributed by atoms with Gasteiger partial charge in [0.1, 0.15) is 0 Å². The zero-order valence-corrected chi connectivity index (χ0v) is 5.85. The van der Waals surface area contributed by atoms with E-state index in [1.807, 2.05) is 6.92 Å². The van der Waals surface area contributed by atoms with Crippen molar-refractivity contribution in [2.45, 2.75) is 26.7 Å². The predicted molar refractivity (Wildman–Crippen MR) is 36.7 cm³/mol. The Morgan fingerprint density at radius 1 is 1.25 bits per heavy atom. The lowest BCUT2D eigenvalue weighted by molar-refractivity contribution is 0.295. The van der Waals surface area contributed by atoms with Crippen LogP contribution in [0.2, 0.25) is 0 Å². The molecule has 0 unspecified atom stereocenters. The Kier molecular flexibility index (Phi) is 21.3. The Hall–Kier alpha value is -0.0800. The second-order valence-corrected chi connectivity index (χ2v) is 1.51. The summed E-state index contributed by atoms with van der Waals surface area (Å²) in [4.78, 5) is 0. The maximum atomic E-state index is 7.88. The molecule has 52 valence electrons. The molecule has 3 N–H and O–H groups in total. The zero-order chi connectivity index (χ0) is 6.83. The van der Waals surface area contributed by atoms with Crippen molar-refractivity contribution in [1.29, 1.82) is 0 Å². The van der Waals surface area contributed by atoms with Gasteiger partial charge in [-0.25, -0.2) is 0 Å². The standard InChI is InChI=1S/C3H9N.C3H8O/c2*1-2-3-4/h2-4H2,1H3;4H,2-3H2,1H3. The minimum Gasteiger partial charge on any atom is -0.396 e. The highest BCUT2D eigenvalue weighted by molar-refractivity contribution is 4.19. The molecular formula is C6H17NO. The Bertz CT molecular complexity index is 16.5. The third-order valence-corrected chi connectivity index (χ3v) is 0.512. The van der Waals surface area contributed by atoms with E-state index in [-0.39, 0.29) is 0 Å². The topological polar surface area (TPSA) is 46.2 Å². The van der Waals surface area contributed by atoms with E-state index in [4.69, 9.17) is 10.8 Å². The molecular weight excluding hydrogens is 102 g/mol. The molecule has 0 rings (SSSR count). The molecule has 0 saturated carbocycles. The monoisotopic (exact) mass is 119 g/mol. The maximum absolute atomic E-state index is 7.88. The molecule has 2 heteroatoms. The molecule has 0 saturated heterocycles. The van der Waals surface area contributed by atoms with E-state index in [0.717, 1.165) is 19.4 Å². The molecule has 0 aromatic heterocycles. The number of aliphatic hydroxyl groups excluding tert-OH is 1. The van der Waals surface area contributed by atoms with Crippen molar-refractivity contribution in [3.05, 3.63) is 0 Å². The summed E-state index contributed by atoms with van der Waals surface area (Å²) in [7, 11) is 0. The van der Waals surface area contributed by atoms with E-state index in [2.05, 4.69) is 6.92 Å². The second-order valence-electron chi connectivity index (χ2n) is 1.51. The fraction of sp³-hybridized carbons (Fsp3) is 1.00. The van der Waals surface area contributed by atoms with Crippen LogP contribution in [0.15, 0.2) is 0 Å². The number of hydrogen-bond donors (Lipinski definition) is 2. The SMILES string of the molecule is CCCN.CCCO. The highest BCUT2D eigenvalue weighted by atomic mass is 16.2. The molecule has 0 amide bonds. The third-order valence-electron chi connectivity index (χ3n) is 0.512. The van der Waals surface area contributed by atoms with Crippen molar-refractivity contribution < 1.29 is 5.11 Å². The fourth-order valence-electron chi connectivity index (χ4n) is 0. The molecule has 0 aromatic rings. The van der Waals surface area contributed by atoms with Crippen LogP contribution in [0.25, 0.3) is 0 Å². The van der Waals surface area contributed by atoms with Crippen LogP contribution in [0.3, 0.4) is 0 Å². The van der Waals surface area contributed by atoms with E-state index >= 15 is 0 Å². The van der Waals surface area contributed by atoms with Crippen LogP contribution in [-0.4, -0.2) is 18.3 Å². The van der Waals surface area contributed by atoms with Crippen LogP contribution in [0.4, 0.5) is 0 Å². The van der Waals surface area contributed by atoms with Crippen LogP contribution in [-0.2, 0) is 0 Å². The fourth-order valence-corrected chi connectivity index (χ4v) is 0. The van der Waals surface area contributed by atoms with Gasteiger partial charge in [-0.1, -0.05) is 13.8 Å². The summed E-state index contributed by atoms with van der Waals surface area (Å²) in [6, 6.07) is 0. The quantitative estimate of drug-likeness (QED) is 0.563. The molecule has 0 radical (unpaired) electrons. The molecule has 0 aliphatic heterocycles. The number of rotatable bonds is 2. The summed E-state index contributed by atoms with van der Waals surface area (Å²) in [5, 5.41) is 7.88. The number of hydrogen-bond acceptors (Lipinski definition) is 2. The van der Waals surface area contributed by atoms with E-state index in [1.54, 1.807) is 0 Å². The van der Waals surface area contributed by atoms with Gasteiger partial charge >= 0.3 is 0 Å². The molecule has 0 heterocycles. The summed E-state index contributed by atoms with van der Waals surface area (Å²) in [5.41, 5.74) is 5.03. The third kappa shape index (κ3) is 38.9. The Morgan fingerprint density at radius 2 is 1.50 bits per heavy atom. The molecule has 0 bridgehead atoms. The lowest BCUT2D eigenvalue weighted by atomic mass is 10.5. The first-order valence-corrected chi connectivity index (χ1v) is 3.14. The van der Waals surface area contributed by atoms with E-state index in [1.165, 1.54) is 0 Å².